The molecule has 1 N–H and O–H groups in total. The molecular formula is C10H23KO3P. The summed E-state index contributed by atoms with van der Waals surface area (Å²) >= 11 is 0. The maximum atomic E-state index is 11.2. The van der Waals surface area contributed by atoms with Gasteiger partial charge in [-0.2, -0.15) is 0 Å². The van der Waals surface area contributed by atoms with Gasteiger partial charge >= 0.3 is 7.60 Å². The van der Waals surface area contributed by atoms with E-state index >= 15 is 0 Å². The minimum absolute atomic E-state index is 0. The predicted molar refractivity (Wildman–Crippen MR) is 65.4 cm³/mol. The molecule has 0 rings (SSSR count). The fourth-order valence-corrected chi connectivity index (χ4v) is 2.51. The van der Waals surface area contributed by atoms with Crippen molar-refractivity contribution in [3.63, 3.8) is 0 Å². The molecule has 0 saturated carbocycles. The first kappa shape index (κ1) is 19.1. The molecule has 0 saturated heterocycles. The predicted octanol–water partition coefficient (Wildman–Crippen LogP) is 3.19. The van der Waals surface area contributed by atoms with Crippen LogP contribution >= 0.6 is 7.60 Å². The van der Waals surface area contributed by atoms with Crippen molar-refractivity contribution < 1.29 is 14.0 Å². The van der Waals surface area contributed by atoms with E-state index in [0.29, 0.717) is 12.8 Å². The van der Waals surface area contributed by atoms with Crippen LogP contribution in [0.2, 0.25) is 0 Å². The van der Waals surface area contributed by atoms with Crippen molar-refractivity contribution in [2.45, 2.75) is 52.4 Å². The van der Waals surface area contributed by atoms with Gasteiger partial charge < -0.3 is 9.42 Å². The number of hydrogen-bond donors (Lipinski definition) is 1. The molecule has 3 nitrogen and oxygen atoms in total. The van der Waals surface area contributed by atoms with Gasteiger partial charge in [-0.3, -0.25) is 4.57 Å². The second-order valence-corrected chi connectivity index (χ2v) is 5.53. The maximum absolute atomic E-state index is 11.2. The van der Waals surface area contributed by atoms with Crippen molar-refractivity contribution in [1.29, 1.82) is 0 Å². The van der Waals surface area contributed by atoms with E-state index in [1.54, 1.807) is 6.92 Å². The quantitative estimate of drug-likeness (QED) is 0.394. The normalized spacial score (nSPS) is 14.3. The summed E-state index contributed by atoms with van der Waals surface area (Å²) in [4.78, 5) is 9.25. The Bertz CT molecular complexity index is 176. The molecule has 0 aliphatic carbocycles. The van der Waals surface area contributed by atoms with Crippen LogP contribution in [0.25, 0.3) is 0 Å². The van der Waals surface area contributed by atoms with Gasteiger partial charge in [-0.1, -0.05) is 39.0 Å². The smallest absolute Gasteiger partial charge is 0.324 e. The summed E-state index contributed by atoms with van der Waals surface area (Å²) in [5, 5.41) is 0. The minimum Gasteiger partial charge on any atom is -0.324 e. The molecule has 1 atom stereocenters. The summed E-state index contributed by atoms with van der Waals surface area (Å²) in [5.41, 5.74) is 0. The van der Waals surface area contributed by atoms with Crippen LogP contribution in [0.5, 0.6) is 0 Å². The van der Waals surface area contributed by atoms with Crippen LogP contribution < -0.4 is 0 Å². The SMILES string of the molecule is CCCCCCCCP(=O)(O)OCC.[K]. The summed E-state index contributed by atoms with van der Waals surface area (Å²) in [6.45, 7) is 4.24. The first-order valence-electron chi connectivity index (χ1n) is 5.58. The van der Waals surface area contributed by atoms with E-state index in [4.69, 9.17) is 4.52 Å². The van der Waals surface area contributed by atoms with Crippen molar-refractivity contribution in [1.82, 2.24) is 0 Å². The van der Waals surface area contributed by atoms with Crippen molar-refractivity contribution in [3.05, 3.63) is 0 Å². The van der Waals surface area contributed by atoms with Crippen LogP contribution in [-0.4, -0.2) is 69.0 Å². The van der Waals surface area contributed by atoms with Gasteiger partial charge in [-0.25, -0.2) is 0 Å². The second-order valence-electron chi connectivity index (χ2n) is 3.55. The van der Waals surface area contributed by atoms with Crippen molar-refractivity contribution in [3.8, 4) is 0 Å². The summed E-state index contributed by atoms with van der Waals surface area (Å²) in [6.07, 6.45) is 7.06. The van der Waals surface area contributed by atoms with Crippen molar-refractivity contribution >= 4 is 59.0 Å². The Morgan fingerprint density at radius 1 is 1.07 bits per heavy atom. The Hall–Kier alpha value is 1.79. The topological polar surface area (TPSA) is 46.5 Å². The van der Waals surface area contributed by atoms with Crippen LogP contribution in [0.3, 0.4) is 0 Å². The molecular weight excluding hydrogens is 238 g/mol. The van der Waals surface area contributed by atoms with Gasteiger partial charge in [0.2, 0.25) is 0 Å². The number of unbranched alkanes of at least 4 members (excludes halogenated alkanes) is 5. The standard InChI is InChI=1S/C10H23O3P.K/c1-3-5-6-7-8-9-10-14(11,12)13-4-2;/h3-10H2,1-2H3,(H,11,12);. The Morgan fingerprint density at radius 2 is 1.60 bits per heavy atom. The second kappa shape index (κ2) is 12.2. The number of rotatable bonds is 9. The van der Waals surface area contributed by atoms with Gasteiger partial charge in [0.1, 0.15) is 0 Å². The molecule has 5 heteroatoms. The first-order valence-corrected chi connectivity index (χ1v) is 7.35. The van der Waals surface area contributed by atoms with Crippen LogP contribution in [0.1, 0.15) is 52.4 Å². The Morgan fingerprint density at radius 3 is 2.13 bits per heavy atom. The van der Waals surface area contributed by atoms with E-state index in [1.807, 2.05) is 0 Å². The molecule has 0 heterocycles. The van der Waals surface area contributed by atoms with Crippen LogP contribution in [-0.2, 0) is 9.09 Å². The van der Waals surface area contributed by atoms with E-state index in [9.17, 15) is 9.46 Å². The fraction of sp³-hybridized carbons (Fsp3) is 1.00. The summed E-state index contributed by atoms with van der Waals surface area (Å²) < 4.78 is 16.0. The molecule has 15 heavy (non-hydrogen) atoms. The molecule has 0 spiro atoms. The minimum atomic E-state index is -3.25. The molecule has 87 valence electrons. The average Bonchev–Trinajstić information content (AvgIpc) is 2.11. The van der Waals surface area contributed by atoms with Crippen LogP contribution in [0.15, 0.2) is 0 Å². The fourth-order valence-electron chi connectivity index (χ4n) is 1.36. The van der Waals surface area contributed by atoms with Crippen molar-refractivity contribution in [2.24, 2.45) is 0 Å². The van der Waals surface area contributed by atoms with E-state index in [0.717, 1.165) is 12.8 Å². The molecule has 0 fully saturated rings. The molecule has 0 aromatic rings. The number of hydrogen-bond acceptors (Lipinski definition) is 2. The molecule has 0 aromatic carbocycles. The molecule has 0 aliphatic heterocycles. The third kappa shape index (κ3) is 13.7. The average molecular weight is 261 g/mol. The molecule has 1 radical (unpaired) electrons. The maximum Gasteiger partial charge on any atom is 0.328 e. The Labute approximate surface area is 136 Å². The zero-order valence-electron chi connectivity index (χ0n) is 10.4. The van der Waals surface area contributed by atoms with E-state index < -0.39 is 7.60 Å². The van der Waals surface area contributed by atoms with Gasteiger partial charge in [0, 0.05) is 57.5 Å². The van der Waals surface area contributed by atoms with Gasteiger partial charge in [0.15, 0.2) is 0 Å². The third-order valence-electron chi connectivity index (χ3n) is 2.13. The van der Waals surface area contributed by atoms with E-state index in [-0.39, 0.29) is 51.4 Å². The Balaban J connectivity index is 0. The Kier molecular flexibility index (Phi) is 15.6. The molecule has 0 aliphatic rings. The van der Waals surface area contributed by atoms with Gasteiger partial charge in [0.05, 0.1) is 6.61 Å². The summed E-state index contributed by atoms with van der Waals surface area (Å²) in [5.74, 6) is 0. The van der Waals surface area contributed by atoms with Crippen LogP contribution in [0, 0.1) is 0 Å². The molecule has 0 bridgehead atoms. The van der Waals surface area contributed by atoms with Gasteiger partial charge in [0.25, 0.3) is 0 Å². The zero-order valence-corrected chi connectivity index (χ0v) is 14.4. The summed E-state index contributed by atoms with van der Waals surface area (Å²) in [7, 11) is -3.25. The van der Waals surface area contributed by atoms with Crippen LogP contribution in [0.4, 0.5) is 0 Å². The van der Waals surface area contributed by atoms with E-state index in [1.165, 1.54) is 25.7 Å². The molecule has 1 unspecified atom stereocenters. The molecule has 0 amide bonds. The molecule has 0 aromatic heterocycles. The first-order chi connectivity index (χ1) is 6.62. The largest absolute Gasteiger partial charge is 0.328 e. The van der Waals surface area contributed by atoms with Gasteiger partial charge in [-0.05, 0) is 13.3 Å². The van der Waals surface area contributed by atoms with Gasteiger partial charge in [-0.15, -0.1) is 0 Å². The monoisotopic (exact) mass is 261 g/mol. The zero-order chi connectivity index (χ0) is 10.9. The summed E-state index contributed by atoms with van der Waals surface area (Å²) in [6, 6.07) is 0. The van der Waals surface area contributed by atoms with Crippen molar-refractivity contribution in [2.75, 3.05) is 12.8 Å². The third-order valence-corrected chi connectivity index (χ3v) is 3.67. The van der Waals surface area contributed by atoms with E-state index in [2.05, 4.69) is 6.92 Å².